The lowest BCUT2D eigenvalue weighted by atomic mass is 10.2. The van der Waals surface area contributed by atoms with Crippen LogP contribution >= 0.6 is 0 Å². The number of hydrogen-bond acceptors (Lipinski definition) is 2. The van der Waals surface area contributed by atoms with Gasteiger partial charge in [-0.25, -0.2) is 4.79 Å². The number of hydrogen-bond donors (Lipinski definition) is 3. The van der Waals surface area contributed by atoms with Gasteiger partial charge in [-0.3, -0.25) is 5.10 Å². The van der Waals surface area contributed by atoms with Crippen molar-refractivity contribution in [1.29, 1.82) is 0 Å². The lowest BCUT2D eigenvalue weighted by Gasteiger charge is -2.12. The van der Waals surface area contributed by atoms with Crippen molar-refractivity contribution < 1.29 is 4.79 Å². The highest BCUT2D eigenvalue weighted by atomic mass is 16.2. The first-order valence-corrected chi connectivity index (χ1v) is 5.27. The van der Waals surface area contributed by atoms with Crippen molar-refractivity contribution in [3.05, 3.63) is 18.0 Å². The van der Waals surface area contributed by atoms with Crippen molar-refractivity contribution in [1.82, 2.24) is 20.8 Å². The number of amides is 2. The van der Waals surface area contributed by atoms with Crippen LogP contribution in [-0.2, 0) is 0 Å². The Bertz CT molecular complexity index is 284. The summed E-state index contributed by atoms with van der Waals surface area (Å²) < 4.78 is 0. The van der Waals surface area contributed by atoms with E-state index in [0.717, 1.165) is 24.9 Å². The fourth-order valence-electron chi connectivity index (χ4n) is 1.21. The van der Waals surface area contributed by atoms with Crippen LogP contribution in [0.15, 0.2) is 12.4 Å². The molecule has 5 nitrogen and oxygen atoms in total. The van der Waals surface area contributed by atoms with Gasteiger partial charge in [0.25, 0.3) is 0 Å². The number of rotatable bonds is 5. The van der Waals surface area contributed by atoms with E-state index in [-0.39, 0.29) is 12.1 Å². The normalized spacial score (nSPS) is 12.1. The van der Waals surface area contributed by atoms with E-state index in [9.17, 15) is 4.79 Å². The van der Waals surface area contributed by atoms with E-state index < -0.39 is 0 Å². The molecule has 0 saturated carbocycles. The zero-order chi connectivity index (χ0) is 11.1. The van der Waals surface area contributed by atoms with Crippen molar-refractivity contribution in [3.63, 3.8) is 0 Å². The summed E-state index contributed by atoms with van der Waals surface area (Å²) in [5, 5.41) is 12.2. The summed E-state index contributed by atoms with van der Waals surface area (Å²) in [4.78, 5) is 11.4. The van der Waals surface area contributed by atoms with Crippen LogP contribution in [0, 0.1) is 0 Å². The van der Waals surface area contributed by atoms with E-state index in [1.165, 1.54) is 0 Å². The highest BCUT2D eigenvalue weighted by Gasteiger charge is 2.08. The molecule has 1 aromatic heterocycles. The largest absolute Gasteiger partial charge is 0.338 e. The SMILES string of the molecule is CCCCNC(=O)N[C@H](C)c1cn[nH]c1. The second-order valence-electron chi connectivity index (χ2n) is 3.51. The second kappa shape index (κ2) is 6.06. The first kappa shape index (κ1) is 11.6. The number of unbranched alkanes of at least 4 members (excludes halogenated alkanes) is 1. The van der Waals surface area contributed by atoms with Gasteiger partial charge in [-0.05, 0) is 13.3 Å². The molecule has 1 aromatic rings. The lowest BCUT2D eigenvalue weighted by molar-refractivity contribution is 0.238. The van der Waals surface area contributed by atoms with Gasteiger partial charge in [-0.15, -0.1) is 0 Å². The zero-order valence-electron chi connectivity index (χ0n) is 9.21. The van der Waals surface area contributed by atoms with E-state index in [1.54, 1.807) is 12.4 Å². The average Bonchev–Trinajstić information content (AvgIpc) is 2.70. The number of aromatic nitrogens is 2. The van der Waals surface area contributed by atoms with E-state index >= 15 is 0 Å². The molecule has 3 N–H and O–H groups in total. The molecular formula is C10H18N4O. The van der Waals surface area contributed by atoms with Crippen LogP contribution in [0.25, 0.3) is 0 Å². The Morgan fingerprint density at radius 1 is 1.67 bits per heavy atom. The molecule has 1 rings (SSSR count). The molecule has 15 heavy (non-hydrogen) atoms. The van der Waals surface area contributed by atoms with E-state index in [2.05, 4.69) is 27.8 Å². The number of carbonyl (C=O) groups excluding carboxylic acids is 1. The molecule has 0 aliphatic carbocycles. The van der Waals surface area contributed by atoms with Gasteiger partial charge < -0.3 is 10.6 Å². The summed E-state index contributed by atoms with van der Waals surface area (Å²) in [6.45, 7) is 4.73. The minimum Gasteiger partial charge on any atom is -0.338 e. The van der Waals surface area contributed by atoms with Crippen molar-refractivity contribution in [2.24, 2.45) is 0 Å². The Balaban J connectivity index is 2.26. The molecular weight excluding hydrogens is 192 g/mol. The van der Waals surface area contributed by atoms with Gasteiger partial charge in [-0.1, -0.05) is 13.3 Å². The summed E-state index contributed by atoms with van der Waals surface area (Å²) in [6.07, 6.45) is 5.57. The van der Waals surface area contributed by atoms with Gasteiger partial charge in [0.05, 0.1) is 12.2 Å². The quantitative estimate of drug-likeness (QED) is 0.646. The van der Waals surface area contributed by atoms with Crippen LogP contribution in [0.5, 0.6) is 0 Å². The Labute approximate surface area is 89.6 Å². The summed E-state index contributed by atoms with van der Waals surface area (Å²) >= 11 is 0. The molecule has 0 spiro atoms. The molecule has 0 radical (unpaired) electrons. The number of nitrogens with one attached hydrogen (secondary N) is 3. The Hall–Kier alpha value is -1.52. The minimum atomic E-state index is -0.128. The van der Waals surface area contributed by atoms with Crippen LogP contribution in [-0.4, -0.2) is 22.8 Å². The highest BCUT2D eigenvalue weighted by Crippen LogP contribution is 2.08. The first-order chi connectivity index (χ1) is 7.24. The van der Waals surface area contributed by atoms with Crippen molar-refractivity contribution in [2.45, 2.75) is 32.7 Å². The molecule has 1 atom stereocenters. The summed E-state index contributed by atoms with van der Waals surface area (Å²) in [7, 11) is 0. The molecule has 2 amide bonds. The smallest absolute Gasteiger partial charge is 0.315 e. The fraction of sp³-hybridized carbons (Fsp3) is 0.600. The number of nitrogens with zero attached hydrogens (tertiary/aromatic N) is 1. The number of urea groups is 1. The van der Waals surface area contributed by atoms with E-state index in [4.69, 9.17) is 0 Å². The third-order valence-electron chi connectivity index (χ3n) is 2.18. The molecule has 1 heterocycles. The van der Waals surface area contributed by atoms with Crippen molar-refractivity contribution in [3.8, 4) is 0 Å². The molecule has 0 saturated heterocycles. The number of H-pyrrole nitrogens is 1. The summed E-state index contributed by atoms with van der Waals surface area (Å²) in [5.74, 6) is 0. The Kier molecular flexibility index (Phi) is 4.66. The maximum absolute atomic E-state index is 11.4. The number of aromatic amines is 1. The maximum atomic E-state index is 11.4. The van der Waals surface area contributed by atoms with Crippen LogP contribution in [0.3, 0.4) is 0 Å². The van der Waals surface area contributed by atoms with Crippen LogP contribution in [0.1, 0.15) is 38.3 Å². The Morgan fingerprint density at radius 3 is 3.07 bits per heavy atom. The molecule has 0 bridgehead atoms. The van der Waals surface area contributed by atoms with Gasteiger partial charge in [0.2, 0.25) is 0 Å². The van der Waals surface area contributed by atoms with Crippen LogP contribution < -0.4 is 10.6 Å². The highest BCUT2D eigenvalue weighted by molar-refractivity contribution is 5.74. The summed E-state index contributed by atoms with van der Waals surface area (Å²) in [6, 6.07) is -0.150. The molecule has 0 aliphatic rings. The van der Waals surface area contributed by atoms with Gasteiger partial charge in [-0.2, -0.15) is 5.10 Å². The molecule has 0 fully saturated rings. The van der Waals surface area contributed by atoms with Gasteiger partial charge in [0.1, 0.15) is 0 Å². The standard InChI is InChI=1S/C10H18N4O/c1-3-4-5-11-10(15)14-8(2)9-6-12-13-7-9/h6-8H,3-5H2,1-2H3,(H,12,13)(H2,11,14,15)/t8-/m1/s1. The summed E-state index contributed by atoms with van der Waals surface area (Å²) in [5.41, 5.74) is 0.973. The molecule has 84 valence electrons. The predicted molar refractivity (Wildman–Crippen MR) is 58.4 cm³/mol. The maximum Gasteiger partial charge on any atom is 0.315 e. The third kappa shape index (κ3) is 4.01. The predicted octanol–water partition coefficient (Wildman–Crippen LogP) is 1.57. The van der Waals surface area contributed by atoms with Gasteiger partial charge >= 0.3 is 6.03 Å². The van der Waals surface area contributed by atoms with Gasteiger partial charge in [0.15, 0.2) is 0 Å². The topological polar surface area (TPSA) is 69.8 Å². The molecule has 0 aromatic carbocycles. The van der Waals surface area contributed by atoms with Crippen LogP contribution in [0.2, 0.25) is 0 Å². The second-order valence-corrected chi connectivity index (χ2v) is 3.51. The lowest BCUT2D eigenvalue weighted by Crippen LogP contribution is -2.37. The number of carbonyl (C=O) groups is 1. The molecule has 5 heteroatoms. The Morgan fingerprint density at radius 2 is 2.47 bits per heavy atom. The average molecular weight is 210 g/mol. The zero-order valence-corrected chi connectivity index (χ0v) is 9.21. The van der Waals surface area contributed by atoms with Gasteiger partial charge in [0, 0.05) is 18.3 Å². The third-order valence-corrected chi connectivity index (χ3v) is 2.18. The molecule has 0 aliphatic heterocycles. The van der Waals surface area contributed by atoms with E-state index in [1.807, 2.05) is 6.92 Å². The van der Waals surface area contributed by atoms with Crippen LogP contribution in [0.4, 0.5) is 4.79 Å². The first-order valence-electron chi connectivity index (χ1n) is 5.27. The molecule has 0 unspecified atom stereocenters. The van der Waals surface area contributed by atoms with Crippen molar-refractivity contribution >= 4 is 6.03 Å². The van der Waals surface area contributed by atoms with Crippen molar-refractivity contribution in [2.75, 3.05) is 6.54 Å². The monoisotopic (exact) mass is 210 g/mol. The van der Waals surface area contributed by atoms with E-state index in [0.29, 0.717) is 0 Å². The fourth-order valence-corrected chi connectivity index (χ4v) is 1.21. The minimum absolute atomic E-state index is 0.0228.